The lowest BCUT2D eigenvalue weighted by Gasteiger charge is -2.31. The Hall–Kier alpha value is -1.46. The van der Waals surface area contributed by atoms with E-state index in [1.807, 2.05) is 0 Å². The number of amides is 1. The molecule has 5 nitrogen and oxygen atoms in total. The predicted molar refractivity (Wildman–Crippen MR) is 87.9 cm³/mol. The van der Waals surface area contributed by atoms with Gasteiger partial charge in [-0.05, 0) is 38.0 Å². The molecule has 2 rings (SSSR count). The molecule has 1 aromatic rings. The minimum absolute atomic E-state index is 0.128. The van der Waals surface area contributed by atoms with Crippen LogP contribution < -0.4 is 4.74 Å². The van der Waals surface area contributed by atoms with E-state index in [-0.39, 0.29) is 24.4 Å². The van der Waals surface area contributed by atoms with Crippen LogP contribution in [0.2, 0.25) is 10.0 Å². The minimum atomic E-state index is -0.258. The molecular weight excluding hydrogens is 341 g/mol. The molecule has 0 unspecified atom stereocenters. The summed E-state index contributed by atoms with van der Waals surface area (Å²) in [5, 5.41) is 0.857. The van der Waals surface area contributed by atoms with Crippen molar-refractivity contribution in [2.75, 3.05) is 26.3 Å². The summed E-state index contributed by atoms with van der Waals surface area (Å²) >= 11 is 11.8. The summed E-state index contributed by atoms with van der Waals surface area (Å²) in [7, 11) is 0. The second-order valence-electron chi connectivity index (χ2n) is 5.29. The van der Waals surface area contributed by atoms with Crippen molar-refractivity contribution in [3.8, 4) is 5.75 Å². The van der Waals surface area contributed by atoms with Crippen molar-refractivity contribution in [2.24, 2.45) is 5.92 Å². The van der Waals surface area contributed by atoms with Gasteiger partial charge in [0.25, 0.3) is 5.91 Å². The van der Waals surface area contributed by atoms with E-state index >= 15 is 0 Å². The number of piperidine rings is 1. The maximum Gasteiger partial charge on any atom is 0.310 e. The zero-order chi connectivity index (χ0) is 16.8. The number of ether oxygens (including phenoxy) is 2. The standard InChI is InChI=1S/C16H19Cl2NO4/c1-2-22-16(21)11-4-3-7-19(9-11)15(20)10-23-14-6-5-12(17)8-13(14)18/h5-6,8,11H,2-4,7,9-10H2,1H3/t11-/m1/s1. The molecule has 1 aliphatic rings. The number of hydrogen-bond acceptors (Lipinski definition) is 4. The van der Waals surface area contributed by atoms with Gasteiger partial charge in [0.1, 0.15) is 5.75 Å². The van der Waals surface area contributed by atoms with E-state index in [2.05, 4.69) is 0 Å². The van der Waals surface area contributed by atoms with Crippen LogP contribution in [0.4, 0.5) is 0 Å². The molecule has 0 radical (unpaired) electrons. The number of halogens is 2. The van der Waals surface area contributed by atoms with Crippen LogP contribution >= 0.6 is 23.2 Å². The number of likely N-dealkylation sites (tertiary alicyclic amines) is 1. The van der Waals surface area contributed by atoms with Crippen molar-refractivity contribution >= 4 is 35.1 Å². The van der Waals surface area contributed by atoms with E-state index in [0.717, 1.165) is 12.8 Å². The average molecular weight is 360 g/mol. The van der Waals surface area contributed by atoms with Crippen LogP contribution in [0.25, 0.3) is 0 Å². The fourth-order valence-electron chi connectivity index (χ4n) is 2.48. The smallest absolute Gasteiger partial charge is 0.310 e. The van der Waals surface area contributed by atoms with E-state index < -0.39 is 0 Å². The summed E-state index contributed by atoms with van der Waals surface area (Å²) in [6.07, 6.45) is 1.52. The van der Waals surface area contributed by atoms with E-state index in [0.29, 0.717) is 35.5 Å². The summed E-state index contributed by atoms with van der Waals surface area (Å²) in [6.45, 7) is 2.98. The highest BCUT2D eigenvalue weighted by Crippen LogP contribution is 2.27. The number of esters is 1. The molecular formula is C16H19Cl2NO4. The Kier molecular flexibility index (Phi) is 6.54. The first-order valence-corrected chi connectivity index (χ1v) is 8.29. The Morgan fingerprint density at radius 1 is 1.35 bits per heavy atom. The van der Waals surface area contributed by atoms with Gasteiger partial charge in [-0.2, -0.15) is 0 Å². The number of rotatable bonds is 5. The van der Waals surface area contributed by atoms with Gasteiger partial charge in [-0.1, -0.05) is 23.2 Å². The second kappa shape index (κ2) is 8.41. The van der Waals surface area contributed by atoms with Gasteiger partial charge in [-0.15, -0.1) is 0 Å². The van der Waals surface area contributed by atoms with Crippen molar-refractivity contribution in [3.63, 3.8) is 0 Å². The molecule has 0 bridgehead atoms. The van der Waals surface area contributed by atoms with Crippen LogP contribution in [-0.4, -0.2) is 43.1 Å². The highest BCUT2D eigenvalue weighted by Gasteiger charge is 2.29. The average Bonchev–Trinajstić information content (AvgIpc) is 2.54. The molecule has 1 atom stereocenters. The lowest BCUT2D eigenvalue weighted by Crippen LogP contribution is -2.44. The summed E-state index contributed by atoms with van der Waals surface area (Å²) in [6, 6.07) is 4.82. The van der Waals surface area contributed by atoms with Gasteiger partial charge in [0.2, 0.25) is 0 Å². The van der Waals surface area contributed by atoms with E-state index in [9.17, 15) is 9.59 Å². The Labute approximate surface area is 145 Å². The van der Waals surface area contributed by atoms with Crippen LogP contribution in [-0.2, 0) is 14.3 Å². The third-order valence-electron chi connectivity index (χ3n) is 3.64. The van der Waals surface area contributed by atoms with E-state index in [1.54, 1.807) is 30.0 Å². The predicted octanol–water partition coefficient (Wildman–Crippen LogP) is 3.17. The maximum absolute atomic E-state index is 12.3. The second-order valence-corrected chi connectivity index (χ2v) is 6.14. The summed E-state index contributed by atoms with van der Waals surface area (Å²) < 4.78 is 10.5. The normalized spacial score (nSPS) is 17.7. The van der Waals surface area contributed by atoms with Gasteiger partial charge < -0.3 is 14.4 Å². The molecule has 1 saturated heterocycles. The molecule has 0 aromatic heterocycles. The number of hydrogen-bond donors (Lipinski definition) is 0. The molecule has 1 amide bonds. The Morgan fingerprint density at radius 2 is 2.13 bits per heavy atom. The van der Waals surface area contributed by atoms with Crippen LogP contribution in [0.3, 0.4) is 0 Å². The number of nitrogens with zero attached hydrogens (tertiary/aromatic N) is 1. The highest BCUT2D eigenvalue weighted by molar-refractivity contribution is 6.35. The van der Waals surface area contributed by atoms with Gasteiger partial charge in [-0.3, -0.25) is 9.59 Å². The third-order valence-corrected chi connectivity index (χ3v) is 4.17. The molecule has 1 heterocycles. The van der Waals surface area contributed by atoms with Gasteiger partial charge >= 0.3 is 5.97 Å². The van der Waals surface area contributed by atoms with Crippen LogP contribution in [0, 0.1) is 5.92 Å². The zero-order valence-electron chi connectivity index (χ0n) is 12.9. The molecule has 1 fully saturated rings. The van der Waals surface area contributed by atoms with E-state index in [4.69, 9.17) is 32.7 Å². The maximum atomic E-state index is 12.3. The van der Waals surface area contributed by atoms with E-state index in [1.165, 1.54) is 0 Å². The monoisotopic (exact) mass is 359 g/mol. The topological polar surface area (TPSA) is 55.8 Å². The van der Waals surface area contributed by atoms with Gasteiger partial charge in [0, 0.05) is 18.1 Å². The van der Waals surface area contributed by atoms with Gasteiger partial charge in [-0.25, -0.2) is 0 Å². The molecule has 1 aromatic carbocycles. The molecule has 1 aliphatic heterocycles. The largest absolute Gasteiger partial charge is 0.482 e. The summed E-state index contributed by atoms with van der Waals surface area (Å²) in [5.41, 5.74) is 0. The summed E-state index contributed by atoms with van der Waals surface area (Å²) in [5.74, 6) is -0.271. The number of benzene rings is 1. The molecule has 0 spiro atoms. The van der Waals surface area contributed by atoms with Gasteiger partial charge in [0.15, 0.2) is 6.61 Å². The third kappa shape index (κ3) is 5.01. The van der Waals surface area contributed by atoms with Crippen molar-refractivity contribution in [1.29, 1.82) is 0 Å². The fraction of sp³-hybridized carbons (Fsp3) is 0.500. The van der Waals surface area contributed by atoms with Gasteiger partial charge in [0.05, 0.1) is 17.5 Å². The zero-order valence-corrected chi connectivity index (χ0v) is 14.4. The molecule has 0 N–H and O–H groups in total. The molecule has 0 saturated carbocycles. The number of carbonyl (C=O) groups excluding carboxylic acids is 2. The Balaban J connectivity index is 1.88. The molecule has 23 heavy (non-hydrogen) atoms. The van der Waals surface area contributed by atoms with Crippen molar-refractivity contribution < 1.29 is 19.1 Å². The van der Waals surface area contributed by atoms with Crippen molar-refractivity contribution in [3.05, 3.63) is 28.2 Å². The first kappa shape index (κ1) is 17.9. The molecule has 0 aliphatic carbocycles. The minimum Gasteiger partial charge on any atom is -0.482 e. The first-order chi connectivity index (χ1) is 11.0. The van der Waals surface area contributed by atoms with Crippen LogP contribution in [0.15, 0.2) is 18.2 Å². The first-order valence-electron chi connectivity index (χ1n) is 7.53. The fourth-order valence-corrected chi connectivity index (χ4v) is 2.94. The van der Waals surface area contributed by atoms with Crippen molar-refractivity contribution in [2.45, 2.75) is 19.8 Å². The lowest BCUT2D eigenvalue weighted by atomic mass is 9.98. The Bertz CT molecular complexity index is 579. The summed E-state index contributed by atoms with van der Waals surface area (Å²) in [4.78, 5) is 25.7. The van der Waals surface area contributed by atoms with Crippen LogP contribution in [0.5, 0.6) is 5.75 Å². The molecule has 126 valence electrons. The quantitative estimate of drug-likeness (QED) is 0.757. The van der Waals surface area contributed by atoms with Crippen molar-refractivity contribution in [1.82, 2.24) is 4.90 Å². The highest BCUT2D eigenvalue weighted by atomic mass is 35.5. The lowest BCUT2D eigenvalue weighted by molar-refractivity contribution is -0.151. The van der Waals surface area contributed by atoms with Crippen LogP contribution in [0.1, 0.15) is 19.8 Å². The molecule has 7 heteroatoms. The Morgan fingerprint density at radius 3 is 2.83 bits per heavy atom. The number of carbonyl (C=O) groups is 2. The SMILES string of the molecule is CCOC(=O)[C@@H]1CCCN(C(=O)COc2ccc(Cl)cc2Cl)C1.